The minimum Gasteiger partial charge on any atom is -0.354 e. The lowest BCUT2D eigenvalue weighted by atomic mass is 9.95. The van der Waals surface area contributed by atoms with Gasteiger partial charge in [0.05, 0.1) is 53.6 Å². The predicted octanol–water partition coefficient (Wildman–Crippen LogP) is 23.5. The molecule has 0 spiro atoms. The molecular formula is C70H40Cl5N5. The van der Waals surface area contributed by atoms with Crippen LogP contribution in [0.2, 0.25) is 25.1 Å². The zero-order chi connectivity index (χ0) is 53.5. The summed E-state index contributed by atoms with van der Waals surface area (Å²) < 4.78 is 0. The van der Waals surface area contributed by atoms with E-state index in [4.69, 9.17) is 58.0 Å². The first-order valence-electron chi connectivity index (χ1n) is 26.3. The molecule has 0 unspecified atom stereocenters. The minimum atomic E-state index is 0.627. The van der Waals surface area contributed by atoms with Crippen LogP contribution in [0.1, 0.15) is 0 Å². The van der Waals surface area contributed by atoms with E-state index in [2.05, 4.69) is 178 Å². The maximum absolute atomic E-state index is 7.42. The lowest BCUT2D eigenvalue weighted by Gasteiger charge is -2.20. The molecule has 380 valence electrons. The van der Waals surface area contributed by atoms with Crippen LogP contribution in [0, 0.1) is 0 Å². The maximum atomic E-state index is 7.42. The van der Waals surface area contributed by atoms with Crippen molar-refractivity contribution in [2.75, 3.05) is 26.6 Å². The fourth-order valence-electron chi connectivity index (χ4n) is 12.4. The molecule has 5 N–H and O–H groups in total. The van der Waals surface area contributed by atoms with Gasteiger partial charge in [0, 0.05) is 109 Å². The Hall–Kier alpha value is -8.65. The van der Waals surface area contributed by atoms with Gasteiger partial charge in [-0.15, -0.1) is 0 Å². The van der Waals surface area contributed by atoms with Gasteiger partial charge >= 0.3 is 0 Å². The molecule has 0 fully saturated rings. The van der Waals surface area contributed by atoms with E-state index in [0.29, 0.717) is 25.1 Å². The summed E-state index contributed by atoms with van der Waals surface area (Å²) in [5, 5.41) is 43.0. The molecule has 16 aromatic carbocycles. The molecule has 0 bridgehead atoms. The van der Waals surface area contributed by atoms with Gasteiger partial charge in [-0.2, -0.15) is 0 Å². The Morgan fingerprint density at radius 1 is 0.175 bits per heavy atom. The molecule has 80 heavy (non-hydrogen) atoms. The van der Waals surface area contributed by atoms with E-state index in [1.807, 2.05) is 60.7 Å². The summed E-state index contributed by atoms with van der Waals surface area (Å²) >= 11 is 37.1. The average Bonchev–Trinajstić information content (AvgIpc) is 4.10. The summed E-state index contributed by atoms with van der Waals surface area (Å²) in [5.41, 5.74) is 8.18. The van der Waals surface area contributed by atoms with Crippen LogP contribution in [-0.2, 0) is 0 Å². The number of benzene rings is 15. The lowest BCUT2D eigenvalue weighted by Crippen LogP contribution is -1.99. The summed E-state index contributed by atoms with van der Waals surface area (Å²) in [5.74, 6) is 0. The second-order valence-electron chi connectivity index (χ2n) is 20.6. The van der Waals surface area contributed by atoms with E-state index < -0.39 is 0 Å². The highest BCUT2D eigenvalue weighted by atomic mass is 35.5. The number of nitrogens with one attached hydrogen (secondary N) is 5. The van der Waals surface area contributed by atoms with Crippen molar-refractivity contribution in [1.29, 1.82) is 0 Å². The van der Waals surface area contributed by atoms with Crippen LogP contribution >= 0.6 is 58.0 Å². The summed E-state index contributed by atoms with van der Waals surface area (Å²) in [6.45, 7) is 0. The zero-order valence-corrected chi connectivity index (χ0v) is 45.9. The molecule has 0 saturated heterocycles. The molecule has 0 aliphatic rings. The van der Waals surface area contributed by atoms with E-state index in [-0.39, 0.29) is 0 Å². The van der Waals surface area contributed by atoms with Crippen LogP contribution < -0.4 is 26.6 Å². The Balaban J connectivity index is 1.03. The highest BCUT2D eigenvalue weighted by molar-refractivity contribution is 6.50. The molecule has 16 aromatic rings. The van der Waals surface area contributed by atoms with Gasteiger partial charge in [-0.1, -0.05) is 210 Å². The Morgan fingerprint density at radius 2 is 0.350 bits per heavy atom. The number of hydrogen-bond donors (Lipinski definition) is 5. The van der Waals surface area contributed by atoms with Gasteiger partial charge in [-0.05, 0) is 87.6 Å². The third kappa shape index (κ3) is 7.25. The molecule has 0 aliphatic carbocycles. The van der Waals surface area contributed by atoms with Crippen LogP contribution in [0.3, 0.4) is 0 Å². The van der Waals surface area contributed by atoms with Gasteiger partial charge in [-0.3, -0.25) is 0 Å². The second kappa shape index (κ2) is 18.2. The van der Waals surface area contributed by atoms with Gasteiger partial charge in [0.2, 0.25) is 0 Å². The third-order valence-corrected chi connectivity index (χ3v) is 18.2. The van der Waals surface area contributed by atoms with Crippen molar-refractivity contribution in [1.82, 2.24) is 0 Å². The van der Waals surface area contributed by atoms with E-state index in [1.54, 1.807) is 0 Å². The molecule has 0 amide bonds. The Kier molecular flexibility index (Phi) is 10.8. The Bertz CT molecular complexity index is 4470. The van der Waals surface area contributed by atoms with Crippen molar-refractivity contribution in [2.24, 2.45) is 0 Å². The molecule has 5 nitrogen and oxygen atoms in total. The van der Waals surface area contributed by atoms with E-state index in [1.165, 1.54) is 0 Å². The monoisotopic (exact) mass is 1130 g/mol. The largest absolute Gasteiger partial charge is 0.354 e. The SMILES string of the molecule is Clc1c(Nc2cc3c(Nc4ccc5ccccc5c4Cl)cc4c(Nc5ccc6ccccc6c5Cl)cc5c(Nc6ccc7ccccc7c6Cl)cc6c(Nc7ccc8ccccc8c7Cl)cc2c2c6c5c4c32)ccc2ccccc12. The predicted molar refractivity (Wildman–Crippen MR) is 349 cm³/mol. The van der Waals surface area contributed by atoms with Crippen molar-refractivity contribution in [3.63, 3.8) is 0 Å². The second-order valence-corrected chi connectivity index (χ2v) is 22.5. The quantitative estimate of drug-likeness (QED) is 0.0884. The maximum Gasteiger partial charge on any atom is 0.0719 e. The molecule has 0 aromatic heterocycles. The van der Waals surface area contributed by atoms with Crippen molar-refractivity contribution in [2.45, 2.75) is 0 Å². The Morgan fingerprint density at radius 3 is 0.537 bits per heavy atom. The average molecular weight is 1130 g/mol. The summed E-state index contributed by atoms with van der Waals surface area (Å²) in [6.07, 6.45) is 0. The molecule has 0 aliphatic heterocycles. The number of anilines is 10. The van der Waals surface area contributed by atoms with Crippen LogP contribution in [0.5, 0.6) is 0 Å². The highest BCUT2D eigenvalue weighted by Crippen LogP contribution is 2.58. The van der Waals surface area contributed by atoms with Crippen LogP contribution in [0.25, 0.3) is 108 Å². The van der Waals surface area contributed by atoms with Gasteiger partial charge in [0.1, 0.15) is 0 Å². The topological polar surface area (TPSA) is 60.1 Å². The number of fused-ring (bicyclic) bond motifs is 5. The van der Waals surface area contributed by atoms with Gasteiger partial charge in [-0.25, -0.2) is 0 Å². The summed E-state index contributed by atoms with van der Waals surface area (Å²) in [4.78, 5) is 0. The first kappa shape index (κ1) is 47.4. The summed E-state index contributed by atoms with van der Waals surface area (Å²) in [7, 11) is 0. The van der Waals surface area contributed by atoms with E-state index >= 15 is 0 Å². The highest BCUT2D eigenvalue weighted by Gasteiger charge is 2.30. The molecule has 0 heterocycles. The molecule has 0 saturated carbocycles. The van der Waals surface area contributed by atoms with Crippen LogP contribution in [0.15, 0.2) is 212 Å². The zero-order valence-electron chi connectivity index (χ0n) is 42.1. The van der Waals surface area contributed by atoms with Crippen LogP contribution in [0.4, 0.5) is 56.9 Å². The fraction of sp³-hybridized carbons (Fsp3) is 0. The van der Waals surface area contributed by atoms with E-state index in [9.17, 15) is 0 Å². The molecule has 0 atom stereocenters. The first-order valence-corrected chi connectivity index (χ1v) is 28.2. The molecule has 10 heteroatoms. The standard InChI is InChI=1S/C70H40Cl5N5/c71-66-41-16-6-1-11-36(41)21-26-51(66)76-56-31-47-58(78-53-28-23-38-13-3-8-18-43(38)68(53)73)33-49-60(80-55-30-25-40-15-5-10-20-45(40)70(55)75)35-50-59(79-54-29-24-39-14-4-9-19-44(39)69(54)74)34-48-57(32-46(56)61-62(47)64(49)65(50)63(48)61)77-52-27-22-37-12-2-7-17-42(37)67(52)72/h1-35,76-80H. The van der Waals surface area contributed by atoms with Crippen molar-refractivity contribution >= 4 is 223 Å². The van der Waals surface area contributed by atoms with Crippen molar-refractivity contribution in [3.8, 4) is 0 Å². The summed E-state index contributed by atoms with van der Waals surface area (Å²) in [6, 6.07) is 73.1. The number of rotatable bonds is 10. The number of halogens is 5. The van der Waals surface area contributed by atoms with Crippen LogP contribution in [-0.4, -0.2) is 0 Å². The third-order valence-electron chi connectivity index (χ3n) is 16.2. The first-order chi connectivity index (χ1) is 39.2. The van der Waals surface area contributed by atoms with Gasteiger partial charge in [0.25, 0.3) is 0 Å². The van der Waals surface area contributed by atoms with E-state index in [0.717, 1.165) is 165 Å². The minimum absolute atomic E-state index is 0.627. The van der Waals surface area contributed by atoms with Crippen molar-refractivity contribution < 1.29 is 0 Å². The van der Waals surface area contributed by atoms with Gasteiger partial charge in [0.15, 0.2) is 0 Å². The fourth-order valence-corrected chi connectivity index (χ4v) is 13.8. The van der Waals surface area contributed by atoms with Crippen molar-refractivity contribution in [3.05, 3.63) is 237 Å². The molecule has 0 radical (unpaired) electrons. The molecule has 16 rings (SSSR count). The Labute approximate surface area is 483 Å². The smallest absolute Gasteiger partial charge is 0.0719 e. The number of hydrogen-bond acceptors (Lipinski definition) is 5. The normalized spacial score (nSPS) is 12.1. The molecular weight excluding hydrogens is 1090 g/mol. The van der Waals surface area contributed by atoms with Gasteiger partial charge < -0.3 is 26.6 Å². The lowest BCUT2D eigenvalue weighted by molar-refractivity contribution is 1.59.